The maximum absolute atomic E-state index is 11.1. The topological polar surface area (TPSA) is 93.4 Å². The van der Waals surface area contributed by atoms with Gasteiger partial charge in [-0.3, -0.25) is 10.1 Å². The minimum atomic E-state index is -0.436. The van der Waals surface area contributed by atoms with Crippen LogP contribution in [0.5, 0.6) is 0 Å². The molecular formula is C12H19N5O3. The molecule has 0 radical (unpaired) electrons. The number of anilines is 2. The molecule has 1 atom stereocenters. The van der Waals surface area contributed by atoms with Crippen molar-refractivity contribution in [2.75, 3.05) is 43.6 Å². The van der Waals surface area contributed by atoms with Gasteiger partial charge < -0.3 is 15.0 Å². The van der Waals surface area contributed by atoms with Gasteiger partial charge in [-0.25, -0.2) is 4.98 Å². The first-order chi connectivity index (χ1) is 9.65. The highest BCUT2D eigenvalue weighted by atomic mass is 16.6. The van der Waals surface area contributed by atoms with Crippen LogP contribution in [-0.2, 0) is 4.74 Å². The lowest BCUT2D eigenvalue weighted by Crippen LogP contribution is -2.23. The first kappa shape index (κ1) is 14.4. The van der Waals surface area contributed by atoms with Crippen molar-refractivity contribution in [2.24, 2.45) is 5.92 Å². The molecule has 1 aromatic heterocycles. The first-order valence-electron chi connectivity index (χ1n) is 6.64. The highest BCUT2D eigenvalue weighted by Gasteiger charge is 2.29. The normalized spacial score (nSPS) is 18.3. The molecule has 1 N–H and O–H groups in total. The van der Waals surface area contributed by atoms with Crippen molar-refractivity contribution in [3.8, 4) is 0 Å². The molecule has 2 heterocycles. The number of nitrogens with zero attached hydrogens (tertiary/aromatic N) is 4. The third-order valence-corrected chi connectivity index (χ3v) is 3.27. The summed E-state index contributed by atoms with van der Waals surface area (Å²) < 4.78 is 5.14. The molecule has 1 aliphatic rings. The Morgan fingerprint density at radius 1 is 1.65 bits per heavy atom. The predicted octanol–water partition coefficient (Wildman–Crippen LogP) is 1.29. The number of rotatable bonds is 6. The third kappa shape index (κ3) is 3.13. The number of hydrogen-bond donors (Lipinski definition) is 1. The van der Waals surface area contributed by atoms with E-state index in [2.05, 4.69) is 15.3 Å². The Morgan fingerprint density at radius 2 is 2.45 bits per heavy atom. The van der Waals surface area contributed by atoms with Gasteiger partial charge in [-0.1, -0.05) is 0 Å². The molecular weight excluding hydrogens is 262 g/mol. The van der Waals surface area contributed by atoms with Gasteiger partial charge in [0.2, 0.25) is 11.8 Å². The van der Waals surface area contributed by atoms with E-state index >= 15 is 0 Å². The van der Waals surface area contributed by atoms with Gasteiger partial charge in [-0.2, -0.15) is 4.98 Å². The van der Waals surface area contributed by atoms with E-state index in [1.165, 1.54) is 6.20 Å². The van der Waals surface area contributed by atoms with Crippen LogP contribution in [0.1, 0.15) is 13.3 Å². The maximum atomic E-state index is 11.1. The minimum absolute atomic E-state index is 0.0512. The van der Waals surface area contributed by atoms with Crippen LogP contribution >= 0.6 is 0 Å². The van der Waals surface area contributed by atoms with E-state index < -0.39 is 4.92 Å². The number of nitrogens with one attached hydrogen (secondary N) is 1. The summed E-state index contributed by atoms with van der Waals surface area (Å²) in [6.07, 6.45) is 2.22. The van der Waals surface area contributed by atoms with Crippen molar-refractivity contribution in [2.45, 2.75) is 13.3 Å². The van der Waals surface area contributed by atoms with E-state index in [1.807, 2.05) is 11.8 Å². The molecule has 0 aromatic carbocycles. The van der Waals surface area contributed by atoms with E-state index in [4.69, 9.17) is 4.74 Å². The SMILES string of the molecule is CCNc1ncc([N+](=O)[O-])c(N2CCC(COC)C2)n1. The molecule has 0 spiro atoms. The van der Waals surface area contributed by atoms with Gasteiger partial charge in [0, 0.05) is 32.7 Å². The van der Waals surface area contributed by atoms with Crippen molar-refractivity contribution in [3.63, 3.8) is 0 Å². The standard InChI is InChI=1S/C12H19N5O3/c1-3-13-12-14-6-10(17(18)19)11(15-12)16-5-4-9(7-16)8-20-2/h6,9H,3-5,7-8H2,1-2H3,(H,13,14,15). The molecule has 1 fully saturated rings. The van der Waals surface area contributed by atoms with Gasteiger partial charge in [0.25, 0.3) is 0 Å². The number of ether oxygens (including phenoxy) is 1. The molecule has 0 amide bonds. The van der Waals surface area contributed by atoms with Crippen molar-refractivity contribution >= 4 is 17.5 Å². The molecule has 0 bridgehead atoms. The lowest BCUT2D eigenvalue weighted by Gasteiger charge is -2.17. The molecule has 1 saturated heterocycles. The smallest absolute Gasteiger partial charge is 0.329 e. The Hall–Kier alpha value is -1.96. The second kappa shape index (κ2) is 6.47. The Balaban J connectivity index is 2.24. The number of aromatic nitrogens is 2. The van der Waals surface area contributed by atoms with Gasteiger partial charge >= 0.3 is 5.69 Å². The molecule has 1 unspecified atom stereocenters. The fourth-order valence-electron chi connectivity index (χ4n) is 2.37. The quantitative estimate of drug-likeness (QED) is 0.620. The van der Waals surface area contributed by atoms with Crippen LogP contribution in [0, 0.1) is 16.0 Å². The molecule has 8 heteroatoms. The lowest BCUT2D eigenvalue weighted by molar-refractivity contribution is -0.384. The zero-order valence-corrected chi connectivity index (χ0v) is 11.7. The summed E-state index contributed by atoms with van der Waals surface area (Å²) in [5.41, 5.74) is -0.0512. The van der Waals surface area contributed by atoms with Crippen LogP contribution in [-0.4, -0.2) is 48.2 Å². The van der Waals surface area contributed by atoms with E-state index in [1.54, 1.807) is 7.11 Å². The van der Waals surface area contributed by atoms with Crippen molar-refractivity contribution in [1.29, 1.82) is 0 Å². The van der Waals surface area contributed by atoms with Crippen molar-refractivity contribution < 1.29 is 9.66 Å². The summed E-state index contributed by atoms with van der Waals surface area (Å²) >= 11 is 0. The average Bonchev–Trinajstić information content (AvgIpc) is 2.88. The Kier molecular flexibility index (Phi) is 4.67. The predicted molar refractivity (Wildman–Crippen MR) is 75.0 cm³/mol. The Labute approximate surface area is 117 Å². The summed E-state index contributed by atoms with van der Waals surface area (Å²) in [6.45, 7) is 4.72. The van der Waals surface area contributed by atoms with Gasteiger partial charge in [-0.15, -0.1) is 0 Å². The molecule has 1 aliphatic heterocycles. The second-order valence-electron chi connectivity index (χ2n) is 4.75. The van der Waals surface area contributed by atoms with E-state index in [-0.39, 0.29) is 5.69 Å². The molecule has 0 saturated carbocycles. The summed E-state index contributed by atoms with van der Waals surface area (Å²) in [5.74, 6) is 1.19. The van der Waals surface area contributed by atoms with Gasteiger partial charge in [0.05, 0.1) is 11.5 Å². The number of hydrogen-bond acceptors (Lipinski definition) is 7. The highest BCUT2D eigenvalue weighted by molar-refractivity contribution is 5.59. The summed E-state index contributed by atoms with van der Waals surface area (Å²) in [7, 11) is 1.67. The summed E-state index contributed by atoms with van der Waals surface area (Å²) in [5, 5.41) is 14.1. The Morgan fingerprint density at radius 3 is 3.10 bits per heavy atom. The largest absolute Gasteiger partial charge is 0.384 e. The molecule has 2 rings (SSSR count). The van der Waals surface area contributed by atoms with Crippen molar-refractivity contribution in [3.05, 3.63) is 16.3 Å². The monoisotopic (exact) mass is 281 g/mol. The molecule has 1 aromatic rings. The number of methoxy groups -OCH3 is 1. The average molecular weight is 281 g/mol. The minimum Gasteiger partial charge on any atom is -0.384 e. The van der Waals surface area contributed by atoms with Crippen LogP contribution in [0.3, 0.4) is 0 Å². The fraction of sp³-hybridized carbons (Fsp3) is 0.667. The van der Waals surface area contributed by atoms with Crippen molar-refractivity contribution in [1.82, 2.24) is 9.97 Å². The first-order valence-corrected chi connectivity index (χ1v) is 6.64. The molecule has 8 nitrogen and oxygen atoms in total. The van der Waals surface area contributed by atoms with E-state index in [9.17, 15) is 10.1 Å². The lowest BCUT2D eigenvalue weighted by atomic mass is 10.1. The maximum Gasteiger partial charge on any atom is 0.329 e. The van der Waals surface area contributed by atoms with Crippen LogP contribution in [0.25, 0.3) is 0 Å². The summed E-state index contributed by atoms with van der Waals surface area (Å²) in [6, 6.07) is 0. The fourth-order valence-corrected chi connectivity index (χ4v) is 2.37. The molecule has 110 valence electrons. The zero-order valence-electron chi connectivity index (χ0n) is 11.7. The van der Waals surface area contributed by atoms with E-state index in [0.717, 1.165) is 19.5 Å². The zero-order chi connectivity index (χ0) is 14.5. The molecule has 0 aliphatic carbocycles. The van der Waals surface area contributed by atoms with Gasteiger partial charge in [0.15, 0.2) is 0 Å². The van der Waals surface area contributed by atoms with Crippen LogP contribution in [0.2, 0.25) is 0 Å². The van der Waals surface area contributed by atoms with Crippen LogP contribution in [0.15, 0.2) is 6.20 Å². The highest BCUT2D eigenvalue weighted by Crippen LogP contribution is 2.30. The summed E-state index contributed by atoms with van der Waals surface area (Å²) in [4.78, 5) is 20.9. The number of nitro groups is 1. The second-order valence-corrected chi connectivity index (χ2v) is 4.75. The Bertz CT molecular complexity index is 482. The molecule has 20 heavy (non-hydrogen) atoms. The van der Waals surface area contributed by atoms with Crippen LogP contribution < -0.4 is 10.2 Å². The third-order valence-electron chi connectivity index (χ3n) is 3.27. The van der Waals surface area contributed by atoms with Crippen LogP contribution in [0.4, 0.5) is 17.5 Å². The van der Waals surface area contributed by atoms with E-state index in [0.29, 0.717) is 30.8 Å². The van der Waals surface area contributed by atoms with Gasteiger partial charge in [0.1, 0.15) is 6.20 Å². The van der Waals surface area contributed by atoms with Gasteiger partial charge in [-0.05, 0) is 13.3 Å².